The van der Waals surface area contributed by atoms with E-state index in [1.165, 1.54) is 45.1 Å². The van der Waals surface area contributed by atoms with Crippen molar-refractivity contribution in [3.63, 3.8) is 0 Å². The van der Waals surface area contributed by atoms with Gasteiger partial charge in [0.25, 0.3) is 0 Å². The van der Waals surface area contributed by atoms with Gasteiger partial charge >= 0.3 is 0 Å². The van der Waals surface area contributed by atoms with Crippen molar-refractivity contribution in [2.24, 2.45) is 5.92 Å². The van der Waals surface area contributed by atoms with Crippen LogP contribution in [0.25, 0.3) is 0 Å². The van der Waals surface area contributed by atoms with Gasteiger partial charge in [0.2, 0.25) is 0 Å². The summed E-state index contributed by atoms with van der Waals surface area (Å²) in [7, 11) is 0. The Morgan fingerprint density at radius 1 is 1.00 bits per heavy atom. The fraction of sp³-hybridized carbons (Fsp3) is 1.00. The molecule has 0 saturated carbocycles. The van der Waals surface area contributed by atoms with Crippen molar-refractivity contribution in [1.82, 2.24) is 4.90 Å². The first kappa shape index (κ1) is 17.0. The van der Waals surface area contributed by atoms with Crippen molar-refractivity contribution < 1.29 is 5.11 Å². The number of nitrogens with zero attached hydrogens (tertiary/aromatic N) is 1. The first-order valence-corrected chi connectivity index (χ1v) is 8.50. The summed E-state index contributed by atoms with van der Waals surface area (Å²) in [6.07, 6.45) is 10.9. The van der Waals surface area contributed by atoms with Crippen molar-refractivity contribution in [2.75, 3.05) is 19.6 Å². The van der Waals surface area contributed by atoms with E-state index in [0.29, 0.717) is 0 Å². The van der Waals surface area contributed by atoms with Crippen LogP contribution in [-0.2, 0) is 0 Å². The van der Waals surface area contributed by atoms with Crippen LogP contribution >= 0.6 is 0 Å². The maximum Gasteiger partial charge on any atom is 0.0672 e. The fourth-order valence-electron chi connectivity index (χ4n) is 3.15. The third-order valence-electron chi connectivity index (χ3n) is 4.41. The molecule has 0 aromatic carbocycles. The molecule has 1 fully saturated rings. The minimum atomic E-state index is -0.349. The molecule has 0 aliphatic carbocycles. The van der Waals surface area contributed by atoms with Gasteiger partial charge in [-0.05, 0) is 25.2 Å². The van der Waals surface area contributed by atoms with Gasteiger partial charge in [0.05, 0.1) is 5.60 Å². The molecule has 0 unspecified atom stereocenters. The standard InChI is InChI=1S/C17H35NO/c1-4-5-6-7-8-9-10-17(19)11-13-18(14-12-17)15-16(2)3/h16,19H,4-15H2,1-3H3. The third kappa shape index (κ3) is 7.31. The highest BCUT2D eigenvalue weighted by Gasteiger charge is 2.31. The Bertz CT molecular complexity index is 219. The highest BCUT2D eigenvalue weighted by molar-refractivity contribution is 4.85. The minimum absolute atomic E-state index is 0.349. The van der Waals surface area contributed by atoms with Crippen LogP contribution in [0.1, 0.15) is 78.6 Å². The second-order valence-corrected chi connectivity index (χ2v) is 6.94. The van der Waals surface area contributed by atoms with E-state index < -0.39 is 0 Å². The molecule has 19 heavy (non-hydrogen) atoms. The molecule has 1 aliphatic heterocycles. The van der Waals surface area contributed by atoms with Gasteiger partial charge < -0.3 is 10.0 Å². The van der Waals surface area contributed by atoms with Crippen molar-refractivity contribution in [2.45, 2.75) is 84.2 Å². The lowest BCUT2D eigenvalue weighted by Gasteiger charge is -2.39. The van der Waals surface area contributed by atoms with Crippen LogP contribution in [0.15, 0.2) is 0 Å². The van der Waals surface area contributed by atoms with Crippen molar-refractivity contribution in [1.29, 1.82) is 0 Å². The molecule has 0 amide bonds. The first-order chi connectivity index (χ1) is 9.06. The Kier molecular flexibility index (Phi) is 8.01. The summed E-state index contributed by atoms with van der Waals surface area (Å²) >= 11 is 0. The van der Waals surface area contributed by atoms with Gasteiger partial charge in [0.15, 0.2) is 0 Å². The number of rotatable bonds is 9. The van der Waals surface area contributed by atoms with E-state index >= 15 is 0 Å². The maximum absolute atomic E-state index is 10.6. The Morgan fingerprint density at radius 3 is 2.16 bits per heavy atom. The average Bonchev–Trinajstić information content (AvgIpc) is 2.36. The first-order valence-electron chi connectivity index (χ1n) is 8.50. The number of aliphatic hydroxyl groups is 1. The molecule has 114 valence electrons. The SMILES string of the molecule is CCCCCCCCC1(O)CCN(CC(C)C)CC1. The molecule has 0 atom stereocenters. The predicted molar refractivity (Wildman–Crippen MR) is 83.5 cm³/mol. The molecular weight excluding hydrogens is 234 g/mol. The van der Waals surface area contributed by atoms with Gasteiger partial charge in [0.1, 0.15) is 0 Å². The van der Waals surface area contributed by atoms with E-state index in [2.05, 4.69) is 25.7 Å². The summed E-state index contributed by atoms with van der Waals surface area (Å²) in [5.41, 5.74) is -0.349. The Balaban J connectivity index is 2.10. The summed E-state index contributed by atoms with van der Waals surface area (Å²) in [4.78, 5) is 2.51. The number of piperidine rings is 1. The third-order valence-corrected chi connectivity index (χ3v) is 4.41. The molecule has 0 spiro atoms. The minimum Gasteiger partial charge on any atom is -0.390 e. The lowest BCUT2D eigenvalue weighted by atomic mass is 9.86. The second-order valence-electron chi connectivity index (χ2n) is 6.94. The molecule has 0 bridgehead atoms. The van der Waals surface area contributed by atoms with Crippen LogP contribution < -0.4 is 0 Å². The molecule has 2 heteroatoms. The molecule has 1 N–H and O–H groups in total. The molecule has 1 rings (SSSR count). The van der Waals surface area contributed by atoms with Crippen LogP contribution in [0.3, 0.4) is 0 Å². The van der Waals surface area contributed by atoms with Crippen LogP contribution in [-0.4, -0.2) is 35.2 Å². The molecule has 1 saturated heterocycles. The Labute approximate surface area is 120 Å². The summed E-state index contributed by atoms with van der Waals surface area (Å²) < 4.78 is 0. The quantitative estimate of drug-likeness (QED) is 0.634. The van der Waals surface area contributed by atoms with E-state index in [-0.39, 0.29) is 5.60 Å². The Hall–Kier alpha value is -0.0800. The summed E-state index contributed by atoms with van der Waals surface area (Å²) in [5.74, 6) is 0.741. The monoisotopic (exact) mass is 269 g/mol. The molecule has 0 aromatic rings. The van der Waals surface area contributed by atoms with Crippen molar-refractivity contribution in [3.05, 3.63) is 0 Å². The van der Waals surface area contributed by atoms with Crippen molar-refractivity contribution >= 4 is 0 Å². The lowest BCUT2D eigenvalue weighted by Crippen LogP contribution is -2.45. The molecular formula is C17H35NO. The largest absolute Gasteiger partial charge is 0.390 e. The number of likely N-dealkylation sites (tertiary alicyclic amines) is 1. The smallest absolute Gasteiger partial charge is 0.0672 e. The highest BCUT2D eigenvalue weighted by atomic mass is 16.3. The topological polar surface area (TPSA) is 23.5 Å². The predicted octanol–water partition coefficient (Wildman–Crippen LogP) is 4.22. The van der Waals surface area contributed by atoms with Gasteiger partial charge in [0, 0.05) is 19.6 Å². The zero-order valence-electron chi connectivity index (χ0n) is 13.5. The normalized spacial score (nSPS) is 20.1. The van der Waals surface area contributed by atoms with E-state index in [0.717, 1.165) is 38.3 Å². The molecule has 0 radical (unpaired) electrons. The van der Waals surface area contributed by atoms with Gasteiger partial charge in [-0.15, -0.1) is 0 Å². The Morgan fingerprint density at radius 2 is 1.58 bits per heavy atom. The van der Waals surface area contributed by atoms with Crippen LogP contribution in [0.5, 0.6) is 0 Å². The summed E-state index contributed by atoms with van der Waals surface area (Å²) in [6, 6.07) is 0. The van der Waals surface area contributed by atoms with Crippen LogP contribution in [0.4, 0.5) is 0 Å². The average molecular weight is 269 g/mol. The summed E-state index contributed by atoms with van der Waals surface area (Å²) in [5, 5.41) is 10.6. The second kappa shape index (κ2) is 8.97. The fourth-order valence-corrected chi connectivity index (χ4v) is 3.15. The molecule has 1 aliphatic rings. The van der Waals surface area contributed by atoms with Gasteiger partial charge in [-0.25, -0.2) is 0 Å². The number of hydrogen-bond acceptors (Lipinski definition) is 2. The molecule has 0 aromatic heterocycles. The number of hydrogen-bond donors (Lipinski definition) is 1. The number of unbranched alkanes of at least 4 members (excludes halogenated alkanes) is 5. The van der Waals surface area contributed by atoms with Gasteiger partial charge in [-0.1, -0.05) is 59.3 Å². The van der Waals surface area contributed by atoms with Gasteiger partial charge in [-0.2, -0.15) is 0 Å². The summed E-state index contributed by atoms with van der Waals surface area (Å²) in [6.45, 7) is 10.2. The zero-order valence-corrected chi connectivity index (χ0v) is 13.5. The highest BCUT2D eigenvalue weighted by Crippen LogP contribution is 2.28. The van der Waals surface area contributed by atoms with Crippen LogP contribution in [0.2, 0.25) is 0 Å². The maximum atomic E-state index is 10.6. The van der Waals surface area contributed by atoms with Crippen LogP contribution in [0, 0.1) is 5.92 Å². The van der Waals surface area contributed by atoms with E-state index in [1.807, 2.05) is 0 Å². The van der Waals surface area contributed by atoms with E-state index in [9.17, 15) is 5.11 Å². The van der Waals surface area contributed by atoms with Gasteiger partial charge in [-0.3, -0.25) is 0 Å². The molecule has 1 heterocycles. The zero-order chi connectivity index (χ0) is 14.1. The van der Waals surface area contributed by atoms with E-state index in [1.54, 1.807) is 0 Å². The van der Waals surface area contributed by atoms with E-state index in [4.69, 9.17) is 0 Å². The van der Waals surface area contributed by atoms with Crippen molar-refractivity contribution in [3.8, 4) is 0 Å². The molecule has 2 nitrogen and oxygen atoms in total. The lowest BCUT2D eigenvalue weighted by molar-refractivity contribution is -0.0312.